The summed E-state index contributed by atoms with van der Waals surface area (Å²) >= 11 is 1.37. The van der Waals surface area contributed by atoms with E-state index in [1.54, 1.807) is 11.6 Å². The van der Waals surface area contributed by atoms with E-state index in [0.29, 0.717) is 10.9 Å². The van der Waals surface area contributed by atoms with Crippen LogP contribution in [0, 0.1) is 10.1 Å². The van der Waals surface area contributed by atoms with Gasteiger partial charge in [-0.15, -0.1) is 11.3 Å². The fraction of sp³-hybridized carbons (Fsp3) is 0. The maximum atomic E-state index is 10.3. The molecule has 0 radical (unpaired) electrons. The van der Waals surface area contributed by atoms with Crippen molar-refractivity contribution in [3.05, 3.63) is 39.6 Å². The summed E-state index contributed by atoms with van der Waals surface area (Å²) in [5.41, 5.74) is 0. The SMILES string of the molecule is O=[N+]([O-])c1ccc(/C=N/c2nccs2)o1. The normalized spacial score (nSPS) is 10.9. The second-order valence-electron chi connectivity index (χ2n) is 2.51. The highest BCUT2D eigenvalue weighted by Crippen LogP contribution is 2.17. The van der Waals surface area contributed by atoms with Crippen molar-refractivity contribution in [3.8, 4) is 0 Å². The monoisotopic (exact) mass is 223 g/mol. The van der Waals surface area contributed by atoms with Gasteiger partial charge in [0.25, 0.3) is 0 Å². The lowest BCUT2D eigenvalue weighted by molar-refractivity contribution is -0.402. The van der Waals surface area contributed by atoms with E-state index in [9.17, 15) is 10.1 Å². The summed E-state index contributed by atoms with van der Waals surface area (Å²) in [6.45, 7) is 0. The van der Waals surface area contributed by atoms with Crippen molar-refractivity contribution in [2.24, 2.45) is 4.99 Å². The molecule has 0 N–H and O–H groups in total. The molecule has 0 saturated carbocycles. The quantitative estimate of drug-likeness (QED) is 0.454. The van der Waals surface area contributed by atoms with E-state index in [4.69, 9.17) is 4.42 Å². The first kappa shape index (κ1) is 9.53. The van der Waals surface area contributed by atoms with E-state index in [1.807, 2.05) is 0 Å². The average molecular weight is 223 g/mol. The molecule has 0 fully saturated rings. The standard InChI is InChI=1S/C8H5N3O3S/c12-11(13)7-2-1-6(14-7)5-10-8-9-3-4-15-8/h1-5H/b10-5+. The molecule has 15 heavy (non-hydrogen) atoms. The van der Waals surface area contributed by atoms with Crippen molar-refractivity contribution in [3.63, 3.8) is 0 Å². The van der Waals surface area contributed by atoms with E-state index < -0.39 is 4.92 Å². The number of aliphatic imine (C=N–C) groups is 1. The first-order valence-electron chi connectivity index (χ1n) is 3.93. The Morgan fingerprint density at radius 2 is 2.47 bits per heavy atom. The van der Waals surface area contributed by atoms with Crippen LogP contribution < -0.4 is 0 Å². The minimum atomic E-state index is -0.596. The number of aromatic nitrogens is 1. The smallest absolute Gasteiger partial charge is 0.400 e. The second-order valence-corrected chi connectivity index (χ2v) is 3.38. The summed E-state index contributed by atoms with van der Waals surface area (Å²) in [5.74, 6) is 0.0347. The first-order valence-corrected chi connectivity index (χ1v) is 4.81. The predicted molar refractivity (Wildman–Crippen MR) is 54.7 cm³/mol. The molecule has 2 aromatic rings. The molecule has 0 saturated heterocycles. The third-order valence-electron chi connectivity index (χ3n) is 1.51. The Labute approximate surface area is 88.1 Å². The fourth-order valence-corrected chi connectivity index (χ4v) is 1.39. The molecule has 0 atom stereocenters. The summed E-state index contributed by atoms with van der Waals surface area (Å²) < 4.78 is 4.87. The Balaban J connectivity index is 2.14. The van der Waals surface area contributed by atoms with Crippen LogP contribution in [0.4, 0.5) is 11.0 Å². The van der Waals surface area contributed by atoms with Gasteiger partial charge >= 0.3 is 5.88 Å². The van der Waals surface area contributed by atoms with Gasteiger partial charge in [-0.1, -0.05) is 0 Å². The number of nitrogens with zero attached hydrogens (tertiary/aromatic N) is 3. The summed E-state index contributed by atoms with van der Waals surface area (Å²) in [7, 11) is 0. The summed E-state index contributed by atoms with van der Waals surface area (Å²) in [6, 6.07) is 2.76. The van der Waals surface area contributed by atoms with E-state index in [2.05, 4.69) is 9.98 Å². The summed E-state index contributed by atoms with van der Waals surface area (Å²) in [4.78, 5) is 17.6. The number of furan rings is 1. The molecular weight excluding hydrogens is 218 g/mol. The highest BCUT2D eigenvalue weighted by Gasteiger charge is 2.10. The van der Waals surface area contributed by atoms with Gasteiger partial charge in [-0.05, 0) is 6.07 Å². The van der Waals surface area contributed by atoms with Crippen LogP contribution in [0.2, 0.25) is 0 Å². The summed E-state index contributed by atoms with van der Waals surface area (Å²) in [5, 5.41) is 12.7. The Morgan fingerprint density at radius 3 is 3.07 bits per heavy atom. The van der Waals surface area contributed by atoms with Crippen LogP contribution in [0.25, 0.3) is 0 Å². The first-order chi connectivity index (χ1) is 7.25. The number of nitro groups is 1. The number of rotatable bonds is 3. The van der Waals surface area contributed by atoms with Crippen molar-refractivity contribution < 1.29 is 9.34 Å². The average Bonchev–Trinajstić information content (AvgIpc) is 2.86. The molecule has 7 heteroatoms. The van der Waals surface area contributed by atoms with Crippen molar-refractivity contribution in [1.29, 1.82) is 0 Å². The van der Waals surface area contributed by atoms with Crippen LogP contribution in [0.5, 0.6) is 0 Å². The maximum Gasteiger partial charge on any atom is 0.433 e. The van der Waals surface area contributed by atoms with Gasteiger partial charge in [0.1, 0.15) is 4.92 Å². The molecule has 0 aromatic carbocycles. The second kappa shape index (κ2) is 4.01. The fourth-order valence-electron chi connectivity index (χ4n) is 0.908. The molecule has 0 spiro atoms. The van der Waals surface area contributed by atoms with Gasteiger partial charge < -0.3 is 4.42 Å². The Kier molecular flexibility index (Phi) is 2.55. The molecule has 6 nitrogen and oxygen atoms in total. The topological polar surface area (TPSA) is 81.5 Å². The maximum absolute atomic E-state index is 10.3. The molecule has 0 unspecified atom stereocenters. The van der Waals surface area contributed by atoms with Crippen LogP contribution in [0.3, 0.4) is 0 Å². The van der Waals surface area contributed by atoms with Gasteiger partial charge in [-0.3, -0.25) is 10.1 Å². The van der Waals surface area contributed by atoms with E-state index in [-0.39, 0.29) is 5.88 Å². The lowest BCUT2D eigenvalue weighted by Crippen LogP contribution is -1.83. The van der Waals surface area contributed by atoms with Crippen LogP contribution in [0.1, 0.15) is 5.76 Å². The van der Waals surface area contributed by atoms with Crippen LogP contribution in [-0.2, 0) is 0 Å². The van der Waals surface area contributed by atoms with Crippen LogP contribution in [0.15, 0.2) is 33.1 Å². The van der Waals surface area contributed by atoms with Crippen molar-refractivity contribution >= 4 is 28.6 Å². The van der Waals surface area contributed by atoms with Gasteiger partial charge in [0.2, 0.25) is 5.13 Å². The minimum Gasteiger partial charge on any atom is -0.400 e. The van der Waals surface area contributed by atoms with E-state index in [0.717, 1.165) is 0 Å². The lowest BCUT2D eigenvalue weighted by Gasteiger charge is -1.83. The molecule has 0 amide bonds. The summed E-state index contributed by atoms with van der Waals surface area (Å²) in [6.07, 6.45) is 3.02. The van der Waals surface area contributed by atoms with Crippen LogP contribution in [-0.4, -0.2) is 16.1 Å². The highest BCUT2D eigenvalue weighted by atomic mass is 32.1. The number of hydrogen-bond donors (Lipinski definition) is 0. The highest BCUT2D eigenvalue weighted by molar-refractivity contribution is 7.13. The molecule has 76 valence electrons. The Hall–Kier alpha value is -2.02. The largest absolute Gasteiger partial charge is 0.433 e. The third kappa shape index (κ3) is 2.26. The molecule has 0 aliphatic carbocycles. The Bertz CT molecular complexity index is 489. The van der Waals surface area contributed by atoms with Gasteiger partial charge in [0.05, 0.1) is 12.3 Å². The number of thiazole rings is 1. The molecular formula is C8H5N3O3S. The van der Waals surface area contributed by atoms with E-state index in [1.165, 1.54) is 29.7 Å². The lowest BCUT2D eigenvalue weighted by atomic mass is 10.5. The third-order valence-corrected chi connectivity index (χ3v) is 2.19. The van der Waals surface area contributed by atoms with Crippen molar-refractivity contribution in [1.82, 2.24) is 4.98 Å². The van der Waals surface area contributed by atoms with Gasteiger partial charge in [-0.2, -0.15) is 0 Å². The molecule has 2 rings (SSSR count). The van der Waals surface area contributed by atoms with E-state index >= 15 is 0 Å². The van der Waals surface area contributed by atoms with Crippen molar-refractivity contribution in [2.75, 3.05) is 0 Å². The molecule has 0 bridgehead atoms. The molecule has 2 heterocycles. The minimum absolute atomic E-state index is 0.296. The molecule has 0 aliphatic heterocycles. The van der Waals surface area contributed by atoms with Crippen LogP contribution >= 0.6 is 11.3 Å². The zero-order chi connectivity index (χ0) is 10.7. The molecule has 2 aromatic heterocycles. The zero-order valence-corrected chi connectivity index (χ0v) is 8.18. The van der Waals surface area contributed by atoms with Gasteiger partial charge in [0, 0.05) is 11.6 Å². The predicted octanol–water partition coefficient (Wildman–Crippen LogP) is 2.39. The number of hydrogen-bond acceptors (Lipinski definition) is 6. The molecule has 0 aliphatic rings. The Morgan fingerprint density at radius 1 is 1.60 bits per heavy atom. The van der Waals surface area contributed by atoms with Crippen molar-refractivity contribution in [2.45, 2.75) is 0 Å². The zero-order valence-electron chi connectivity index (χ0n) is 7.36. The van der Waals surface area contributed by atoms with Gasteiger partial charge in [-0.25, -0.2) is 9.98 Å². The van der Waals surface area contributed by atoms with Gasteiger partial charge in [0.15, 0.2) is 5.76 Å².